The first-order chi connectivity index (χ1) is 14.9. The van der Waals surface area contributed by atoms with Gasteiger partial charge in [0.25, 0.3) is 0 Å². The fourth-order valence-electron chi connectivity index (χ4n) is 4.13. The van der Waals surface area contributed by atoms with E-state index in [-0.39, 0.29) is 0 Å². The van der Waals surface area contributed by atoms with E-state index in [0.29, 0.717) is 12.5 Å². The third-order valence-electron chi connectivity index (χ3n) is 5.91. The Kier molecular flexibility index (Phi) is 6.41. The Balaban J connectivity index is 1.69. The van der Waals surface area contributed by atoms with Crippen LogP contribution in [0.1, 0.15) is 11.1 Å². The quantitative estimate of drug-likeness (QED) is 0.577. The van der Waals surface area contributed by atoms with Gasteiger partial charge in [0.2, 0.25) is 5.88 Å². The van der Waals surface area contributed by atoms with Crippen molar-refractivity contribution in [1.82, 2.24) is 19.3 Å². The lowest BCUT2D eigenvalue weighted by molar-refractivity contribution is 0.176. The second kappa shape index (κ2) is 9.22. The number of hydrogen-bond donors (Lipinski definition) is 1. The van der Waals surface area contributed by atoms with E-state index in [9.17, 15) is 5.11 Å². The second-order valence-corrected chi connectivity index (χ2v) is 8.87. The first kappa shape index (κ1) is 21.6. The highest BCUT2D eigenvalue weighted by Gasteiger charge is 2.25. The van der Waals surface area contributed by atoms with Gasteiger partial charge in [0.1, 0.15) is 0 Å². The molecule has 0 saturated heterocycles. The molecule has 0 aliphatic carbocycles. The number of aliphatic imine (C=N–C) groups is 1. The topological polar surface area (TPSA) is 47.2 Å². The lowest BCUT2D eigenvalue weighted by Crippen LogP contribution is -2.37. The van der Waals surface area contributed by atoms with E-state index in [2.05, 4.69) is 61.1 Å². The van der Waals surface area contributed by atoms with Crippen molar-refractivity contribution in [3.8, 4) is 5.88 Å². The molecule has 0 amide bonds. The standard InChI is InChI=1S/C25H33N5O/c1-27(2)13-15-29(16-14-28(3)4)18-30-23-12-8-6-10-20(23)24(25(30)31)22-17-19-9-5-7-11-21(19)26-22/h5-12,31H,13-18H2,1-4H3. The van der Waals surface area contributed by atoms with Crippen molar-refractivity contribution in [3.05, 3.63) is 59.7 Å². The number of fused-ring (bicyclic) bond motifs is 2. The summed E-state index contributed by atoms with van der Waals surface area (Å²) in [6.07, 6.45) is 0.753. The maximum Gasteiger partial charge on any atom is 0.202 e. The second-order valence-electron chi connectivity index (χ2n) is 8.87. The molecular formula is C25H33N5O. The minimum absolute atomic E-state index is 0.312. The number of para-hydroxylation sites is 2. The van der Waals surface area contributed by atoms with Gasteiger partial charge in [-0.15, -0.1) is 0 Å². The summed E-state index contributed by atoms with van der Waals surface area (Å²) < 4.78 is 2.04. The molecule has 0 spiro atoms. The van der Waals surface area contributed by atoms with Crippen LogP contribution in [0.5, 0.6) is 5.88 Å². The van der Waals surface area contributed by atoms with Crippen LogP contribution in [0.2, 0.25) is 0 Å². The average Bonchev–Trinajstić information content (AvgIpc) is 3.28. The van der Waals surface area contributed by atoms with Gasteiger partial charge < -0.3 is 14.9 Å². The number of aromatic nitrogens is 1. The summed E-state index contributed by atoms with van der Waals surface area (Å²) >= 11 is 0. The maximum absolute atomic E-state index is 11.4. The van der Waals surface area contributed by atoms with Crippen LogP contribution in [0, 0.1) is 0 Å². The zero-order chi connectivity index (χ0) is 22.0. The largest absolute Gasteiger partial charge is 0.494 e. The first-order valence-electron chi connectivity index (χ1n) is 10.9. The van der Waals surface area contributed by atoms with Gasteiger partial charge in [-0.3, -0.25) is 14.5 Å². The molecule has 31 heavy (non-hydrogen) atoms. The van der Waals surface area contributed by atoms with Gasteiger partial charge in [0.05, 0.1) is 29.1 Å². The van der Waals surface area contributed by atoms with Crippen molar-refractivity contribution >= 4 is 22.3 Å². The lowest BCUT2D eigenvalue weighted by atomic mass is 10.0. The van der Waals surface area contributed by atoms with Crippen LogP contribution < -0.4 is 0 Å². The van der Waals surface area contributed by atoms with E-state index in [1.165, 1.54) is 5.56 Å². The maximum atomic E-state index is 11.4. The highest BCUT2D eigenvalue weighted by atomic mass is 16.3. The van der Waals surface area contributed by atoms with Gasteiger partial charge in [-0.05, 0) is 45.9 Å². The van der Waals surface area contributed by atoms with Crippen LogP contribution in [0.4, 0.5) is 5.69 Å². The summed E-state index contributed by atoms with van der Waals surface area (Å²) in [6, 6.07) is 16.5. The number of nitrogens with zero attached hydrogens (tertiary/aromatic N) is 5. The van der Waals surface area contributed by atoms with Gasteiger partial charge in [-0.25, -0.2) is 0 Å². The van der Waals surface area contributed by atoms with Gasteiger partial charge in [-0.1, -0.05) is 36.4 Å². The Labute approximate surface area is 185 Å². The molecule has 0 bridgehead atoms. The summed E-state index contributed by atoms with van der Waals surface area (Å²) in [6.45, 7) is 4.47. The monoisotopic (exact) mass is 419 g/mol. The van der Waals surface area contributed by atoms with E-state index in [4.69, 9.17) is 4.99 Å². The first-order valence-corrected chi connectivity index (χ1v) is 10.9. The molecule has 0 saturated carbocycles. The van der Waals surface area contributed by atoms with Crippen molar-refractivity contribution in [2.75, 3.05) is 54.4 Å². The van der Waals surface area contributed by atoms with Crippen LogP contribution in [-0.2, 0) is 13.1 Å². The molecular weight excluding hydrogens is 386 g/mol. The van der Waals surface area contributed by atoms with Gasteiger partial charge in [0, 0.05) is 38.0 Å². The molecule has 4 rings (SSSR count). The normalized spacial score (nSPS) is 13.6. The minimum atomic E-state index is 0.312. The van der Waals surface area contributed by atoms with Crippen molar-refractivity contribution in [2.45, 2.75) is 13.1 Å². The van der Waals surface area contributed by atoms with Crippen LogP contribution in [-0.4, -0.2) is 84.5 Å². The average molecular weight is 420 g/mol. The van der Waals surface area contributed by atoms with Crippen molar-refractivity contribution < 1.29 is 5.11 Å². The lowest BCUT2D eigenvalue weighted by Gasteiger charge is -2.26. The molecule has 3 aromatic rings. The van der Waals surface area contributed by atoms with Crippen molar-refractivity contribution in [3.63, 3.8) is 0 Å². The van der Waals surface area contributed by atoms with Crippen molar-refractivity contribution in [2.24, 2.45) is 4.99 Å². The zero-order valence-corrected chi connectivity index (χ0v) is 19.0. The number of hydrogen-bond acceptors (Lipinski definition) is 5. The molecule has 164 valence electrons. The smallest absolute Gasteiger partial charge is 0.202 e. The molecule has 2 heterocycles. The summed E-state index contributed by atoms with van der Waals surface area (Å²) in [7, 11) is 8.39. The molecule has 0 fully saturated rings. The Bertz CT molecular complexity index is 1070. The summed E-state index contributed by atoms with van der Waals surface area (Å²) in [4.78, 5) is 11.7. The molecule has 0 radical (unpaired) electrons. The summed E-state index contributed by atoms with van der Waals surface area (Å²) in [5.41, 5.74) is 5.08. The number of likely N-dealkylation sites (N-methyl/N-ethyl adjacent to an activating group) is 2. The molecule has 1 aliphatic rings. The van der Waals surface area contributed by atoms with Gasteiger partial charge >= 0.3 is 0 Å². The number of aromatic hydroxyl groups is 1. The van der Waals surface area contributed by atoms with Crippen LogP contribution in [0.15, 0.2) is 53.5 Å². The fraction of sp³-hybridized carbons (Fsp3) is 0.400. The Morgan fingerprint density at radius 2 is 1.52 bits per heavy atom. The molecule has 6 nitrogen and oxygen atoms in total. The summed E-state index contributed by atoms with van der Waals surface area (Å²) in [5, 5.41) is 12.5. The molecule has 0 atom stereocenters. The molecule has 1 N–H and O–H groups in total. The van der Waals surface area contributed by atoms with Crippen molar-refractivity contribution in [1.29, 1.82) is 0 Å². The van der Waals surface area contributed by atoms with Gasteiger partial charge in [0.15, 0.2) is 0 Å². The van der Waals surface area contributed by atoms with E-state index in [1.807, 2.05) is 34.9 Å². The van der Waals surface area contributed by atoms with E-state index in [0.717, 1.165) is 60.5 Å². The zero-order valence-electron chi connectivity index (χ0n) is 19.0. The Morgan fingerprint density at radius 1 is 0.871 bits per heavy atom. The van der Waals surface area contributed by atoms with E-state index in [1.54, 1.807) is 0 Å². The fourth-order valence-corrected chi connectivity index (χ4v) is 4.13. The van der Waals surface area contributed by atoms with Gasteiger partial charge in [-0.2, -0.15) is 0 Å². The summed E-state index contributed by atoms with van der Waals surface area (Å²) in [5.74, 6) is 0.312. The highest BCUT2D eigenvalue weighted by molar-refractivity contribution is 6.16. The third-order valence-corrected chi connectivity index (χ3v) is 5.91. The van der Waals surface area contributed by atoms with E-state index < -0.39 is 0 Å². The predicted molar refractivity (Wildman–Crippen MR) is 129 cm³/mol. The molecule has 6 heteroatoms. The number of rotatable bonds is 9. The molecule has 2 aromatic carbocycles. The third kappa shape index (κ3) is 4.66. The number of benzene rings is 2. The SMILES string of the molecule is CN(C)CCN(CCN(C)C)Cn1c(O)c(C2=Nc3ccccc3C2)c2ccccc21. The molecule has 1 aliphatic heterocycles. The Morgan fingerprint density at radius 3 is 2.19 bits per heavy atom. The Hall–Kier alpha value is -2.67. The van der Waals surface area contributed by atoms with Crippen LogP contribution in [0.3, 0.4) is 0 Å². The molecule has 1 aromatic heterocycles. The predicted octanol–water partition coefficient (Wildman–Crippen LogP) is 3.41. The minimum Gasteiger partial charge on any atom is -0.494 e. The molecule has 0 unspecified atom stereocenters. The van der Waals surface area contributed by atoms with E-state index >= 15 is 0 Å². The highest BCUT2D eigenvalue weighted by Crippen LogP contribution is 2.37. The van der Waals surface area contributed by atoms with Crippen LogP contribution in [0.25, 0.3) is 10.9 Å². The van der Waals surface area contributed by atoms with Crippen LogP contribution >= 0.6 is 0 Å².